The Kier molecular flexibility index (Phi) is 6.79. The van der Waals surface area contributed by atoms with Crippen molar-refractivity contribution in [3.8, 4) is 11.5 Å². The van der Waals surface area contributed by atoms with Crippen LogP contribution >= 0.6 is 23.4 Å². The van der Waals surface area contributed by atoms with E-state index in [2.05, 4.69) is 0 Å². The van der Waals surface area contributed by atoms with E-state index in [4.69, 9.17) is 26.2 Å². The first-order valence-electron chi connectivity index (χ1n) is 8.51. The molecule has 0 spiro atoms. The van der Waals surface area contributed by atoms with Crippen LogP contribution in [0.15, 0.2) is 53.4 Å². The highest BCUT2D eigenvalue weighted by Crippen LogP contribution is 2.32. The number of amides is 2. The zero-order valence-electron chi connectivity index (χ0n) is 15.0. The number of benzene rings is 2. The van der Waals surface area contributed by atoms with Crippen molar-refractivity contribution in [2.45, 2.75) is 0 Å². The van der Waals surface area contributed by atoms with Crippen LogP contribution < -0.4 is 9.47 Å². The van der Waals surface area contributed by atoms with Gasteiger partial charge in [-0.15, -0.1) is 0 Å². The number of nitrogens with zero attached hydrogens (tertiary/aromatic N) is 1. The number of carboxylic acid groups (broad SMARTS) is 1. The molecule has 0 aliphatic carbocycles. The molecule has 3 rings (SSSR count). The monoisotopic (exact) mass is 433 g/mol. The van der Waals surface area contributed by atoms with Gasteiger partial charge in [-0.25, -0.2) is 4.79 Å². The van der Waals surface area contributed by atoms with E-state index in [1.165, 1.54) is 0 Å². The number of halogens is 1. The molecule has 1 aliphatic heterocycles. The van der Waals surface area contributed by atoms with Crippen molar-refractivity contribution >= 4 is 46.6 Å². The van der Waals surface area contributed by atoms with Crippen LogP contribution in [0.1, 0.15) is 5.56 Å². The van der Waals surface area contributed by atoms with Crippen molar-refractivity contribution in [2.24, 2.45) is 0 Å². The molecule has 9 heteroatoms. The largest absolute Gasteiger partial charge is 0.490 e. The Balaban J connectivity index is 1.59. The fraction of sp³-hybridized carbons (Fsp3) is 0.150. The maximum absolute atomic E-state index is 12.5. The molecule has 1 N–H and O–H groups in total. The second-order valence-electron chi connectivity index (χ2n) is 5.86. The van der Waals surface area contributed by atoms with Crippen molar-refractivity contribution in [2.75, 3.05) is 19.8 Å². The van der Waals surface area contributed by atoms with Crippen LogP contribution in [0.4, 0.5) is 4.79 Å². The molecule has 7 nitrogen and oxygen atoms in total. The molecule has 0 unspecified atom stereocenters. The summed E-state index contributed by atoms with van der Waals surface area (Å²) < 4.78 is 10.6. The quantitative estimate of drug-likeness (QED) is 0.630. The summed E-state index contributed by atoms with van der Waals surface area (Å²) in [6.07, 6.45) is 1.60. The Morgan fingerprint density at radius 1 is 1.10 bits per heavy atom. The van der Waals surface area contributed by atoms with E-state index < -0.39 is 18.5 Å². The molecule has 29 heavy (non-hydrogen) atoms. The molecule has 0 bridgehead atoms. The van der Waals surface area contributed by atoms with Crippen LogP contribution in [0.2, 0.25) is 5.02 Å². The third-order valence-corrected chi connectivity index (χ3v) is 5.04. The maximum Gasteiger partial charge on any atom is 0.341 e. The molecule has 0 radical (unpaired) electrons. The van der Waals surface area contributed by atoms with Crippen LogP contribution in [-0.4, -0.2) is 46.9 Å². The Morgan fingerprint density at radius 2 is 1.83 bits per heavy atom. The van der Waals surface area contributed by atoms with E-state index in [0.29, 0.717) is 27.0 Å². The number of ether oxygens (including phenoxy) is 2. The van der Waals surface area contributed by atoms with Gasteiger partial charge in [-0.2, -0.15) is 0 Å². The normalized spacial score (nSPS) is 15.1. The fourth-order valence-corrected chi connectivity index (χ4v) is 3.51. The topological polar surface area (TPSA) is 93.1 Å². The minimum Gasteiger partial charge on any atom is -0.490 e. The van der Waals surface area contributed by atoms with Gasteiger partial charge in [0.2, 0.25) is 0 Å². The predicted octanol–water partition coefficient (Wildman–Crippen LogP) is 3.92. The summed E-state index contributed by atoms with van der Waals surface area (Å²) in [5.74, 6) is -0.577. The lowest BCUT2D eigenvalue weighted by molar-refractivity contribution is -0.139. The number of rotatable bonds is 8. The lowest BCUT2D eigenvalue weighted by Gasteiger charge is -2.13. The summed E-state index contributed by atoms with van der Waals surface area (Å²) in [4.78, 5) is 36.6. The molecule has 1 fully saturated rings. The molecule has 2 aromatic carbocycles. The molecular formula is C20H16ClNO6S. The van der Waals surface area contributed by atoms with Gasteiger partial charge in [-0.1, -0.05) is 35.9 Å². The van der Waals surface area contributed by atoms with E-state index >= 15 is 0 Å². The minimum atomic E-state index is -1.07. The van der Waals surface area contributed by atoms with Crippen LogP contribution in [0.3, 0.4) is 0 Å². The number of carbonyl (C=O) groups is 3. The van der Waals surface area contributed by atoms with Gasteiger partial charge in [0.05, 0.1) is 16.5 Å². The van der Waals surface area contributed by atoms with E-state index in [1.54, 1.807) is 54.6 Å². The zero-order valence-corrected chi connectivity index (χ0v) is 16.6. The summed E-state index contributed by atoms with van der Waals surface area (Å²) in [7, 11) is 0. The van der Waals surface area contributed by atoms with E-state index in [1.807, 2.05) is 0 Å². The molecule has 0 saturated carbocycles. The highest BCUT2D eigenvalue weighted by Gasteiger charge is 2.34. The van der Waals surface area contributed by atoms with Crippen LogP contribution in [0.25, 0.3) is 6.08 Å². The summed E-state index contributed by atoms with van der Waals surface area (Å²) in [5, 5.41) is 8.70. The minimum absolute atomic E-state index is 0.106. The number of para-hydroxylation sites is 1. The molecule has 1 saturated heterocycles. The Morgan fingerprint density at radius 3 is 2.52 bits per heavy atom. The second kappa shape index (κ2) is 9.49. The standard InChI is InChI=1S/C20H16ClNO6S/c21-15-3-1-2-4-16(15)27-10-9-22-19(25)17(29-20(22)26)11-13-5-7-14(8-6-13)28-12-18(23)24/h1-8,11H,9-10,12H2,(H,23,24)/b17-11-. The summed E-state index contributed by atoms with van der Waals surface area (Å²) in [6, 6.07) is 13.5. The van der Waals surface area contributed by atoms with Crippen molar-refractivity contribution in [1.82, 2.24) is 4.90 Å². The Bertz CT molecular complexity index is 960. The van der Waals surface area contributed by atoms with Gasteiger partial charge in [0.1, 0.15) is 18.1 Å². The van der Waals surface area contributed by atoms with Crippen molar-refractivity contribution in [1.29, 1.82) is 0 Å². The van der Waals surface area contributed by atoms with Gasteiger partial charge in [-0.05, 0) is 47.7 Å². The number of imide groups is 1. The van der Waals surface area contributed by atoms with E-state index in [9.17, 15) is 14.4 Å². The van der Waals surface area contributed by atoms with Crippen molar-refractivity contribution in [3.63, 3.8) is 0 Å². The van der Waals surface area contributed by atoms with E-state index in [-0.39, 0.29) is 18.4 Å². The first kappa shape index (κ1) is 20.8. The number of carbonyl (C=O) groups excluding carboxylic acids is 2. The number of hydrogen-bond acceptors (Lipinski definition) is 6. The molecular weight excluding hydrogens is 418 g/mol. The number of hydrogen-bond donors (Lipinski definition) is 1. The molecule has 0 aromatic heterocycles. The molecule has 1 heterocycles. The third kappa shape index (κ3) is 5.52. The fourth-order valence-electron chi connectivity index (χ4n) is 2.46. The Hall–Kier alpha value is -2.97. The molecule has 2 amide bonds. The lowest BCUT2D eigenvalue weighted by atomic mass is 10.2. The predicted molar refractivity (Wildman–Crippen MR) is 109 cm³/mol. The lowest BCUT2D eigenvalue weighted by Crippen LogP contribution is -2.32. The van der Waals surface area contributed by atoms with Gasteiger partial charge in [0, 0.05) is 0 Å². The van der Waals surface area contributed by atoms with Crippen molar-refractivity contribution in [3.05, 3.63) is 64.0 Å². The molecule has 1 aliphatic rings. The maximum atomic E-state index is 12.5. The number of carboxylic acids is 1. The highest BCUT2D eigenvalue weighted by atomic mass is 35.5. The van der Waals surface area contributed by atoms with Gasteiger partial charge >= 0.3 is 5.97 Å². The highest BCUT2D eigenvalue weighted by molar-refractivity contribution is 8.18. The second-order valence-corrected chi connectivity index (χ2v) is 7.26. The van der Waals surface area contributed by atoms with E-state index in [0.717, 1.165) is 16.7 Å². The first-order chi connectivity index (χ1) is 13.9. The van der Waals surface area contributed by atoms with Crippen molar-refractivity contribution < 1.29 is 29.0 Å². The average Bonchev–Trinajstić information content (AvgIpc) is 2.96. The van der Waals surface area contributed by atoms with Crippen LogP contribution in [0.5, 0.6) is 11.5 Å². The Labute approximate surface area is 175 Å². The van der Waals surface area contributed by atoms with Gasteiger partial charge in [-0.3, -0.25) is 14.5 Å². The van der Waals surface area contributed by atoms with Crippen LogP contribution in [-0.2, 0) is 9.59 Å². The number of aliphatic carboxylic acids is 1. The first-order valence-corrected chi connectivity index (χ1v) is 9.71. The average molecular weight is 434 g/mol. The SMILES string of the molecule is O=C(O)COc1ccc(/C=C2\SC(=O)N(CCOc3ccccc3Cl)C2=O)cc1. The van der Waals surface area contributed by atoms with Gasteiger partial charge in [0.15, 0.2) is 6.61 Å². The third-order valence-electron chi connectivity index (χ3n) is 3.82. The molecule has 0 atom stereocenters. The van der Waals surface area contributed by atoms with Gasteiger partial charge in [0.25, 0.3) is 11.1 Å². The summed E-state index contributed by atoms with van der Waals surface area (Å²) in [5.41, 5.74) is 0.686. The zero-order chi connectivity index (χ0) is 20.8. The van der Waals surface area contributed by atoms with Gasteiger partial charge < -0.3 is 14.6 Å². The summed E-state index contributed by atoms with van der Waals surface area (Å²) in [6.45, 7) is -0.200. The number of thioether (sulfide) groups is 1. The summed E-state index contributed by atoms with van der Waals surface area (Å²) >= 11 is 6.87. The smallest absolute Gasteiger partial charge is 0.341 e. The molecule has 150 valence electrons. The molecule has 2 aromatic rings. The van der Waals surface area contributed by atoms with Crippen LogP contribution in [0, 0.1) is 0 Å².